The normalized spacial score (nSPS) is 11.0. The Morgan fingerprint density at radius 1 is 1.21 bits per heavy atom. The molecular weight excluding hydrogens is 260 g/mol. The van der Waals surface area contributed by atoms with E-state index >= 15 is 0 Å². The average Bonchev–Trinajstić information content (AvgIpc) is 2.19. The molecule has 0 bridgehead atoms. The maximum Gasteiger partial charge on any atom is 0.412 e. The second-order valence-corrected chi connectivity index (χ2v) is 4.74. The van der Waals surface area contributed by atoms with Crippen molar-refractivity contribution >= 4 is 17.7 Å². The van der Waals surface area contributed by atoms with E-state index in [1.807, 2.05) is 5.32 Å². The zero-order chi connectivity index (χ0) is 14.8. The predicted molar refractivity (Wildman–Crippen MR) is 63.2 cm³/mol. The summed E-state index contributed by atoms with van der Waals surface area (Å²) in [4.78, 5) is 21.9. The van der Waals surface area contributed by atoms with Crippen LogP contribution in [0.25, 0.3) is 0 Å². The van der Waals surface area contributed by atoms with Crippen LogP contribution in [-0.4, -0.2) is 22.8 Å². The number of nitrogens with one attached hydrogen (secondary N) is 1. The fourth-order valence-electron chi connectivity index (χ4n) is 1.22. The van der Waals surface area contributed by atoms with Crippen LogP contribution in [-0.2, 0) is 4.74 Å². The summed E-state index contributed by atoms with van der Waals surface area (Å²) in [7, 11) is 0. The van der Waals surface area contributed by atoms with Gasteiger partial charge in [-0.2, -0.15) is 0 Å². The number of carboxylic acid groups (broad SMARTS) is 1. The van der Waals surface area contributed by atoms with Gasteiger partial charge in [0, 0.05) is 6.07 Å². The maximum atomic E-state index is 13.5. The van der Waals surface area contributed by atoms with E-state index < -0.39 is 40.5 Å². The number of benzene rings is 1. The summed E-state index contributed by atoms with van der Waals surface area (Å²) >= 11 is 0. The minimum Gasteiger partial charge on any atom is -0.478 e. The van der Waals surface area contributed by atoms with Crippen LogP contribution >= 0.6 is 0 Å². The number of carbonyl (C=O) groups excluding carboxylic acids is 1. The van der Waals surface area contributed by atoms with E-state index in [0.717, 1.165) is 0 Å². The Labute approximate surface area is 108 Å². The number of amides is 1. The number of hydrogen-bond donors (Lipinski definition) is 2. The largest absolute Gasteiger partial charge is 0.478 e. The van der Waals surface area contributed by atoms with Gasteiger partial charge in [-0.1, -0.05) is 0 Å². The molecule has 7 heteroatoms. The number of carboxylic acids is 1. The molecule has 0 fully saturated rings. The minimum atomic E-state index is -1.60. The Balaban J connectivity index is 2.95. The summed E-state index contributed by atoms with van der Waals surface area (Å²) in [5.41, 5.74) is -2.09. The molecule has 1 aromatic rings. The molecule has 0 heterocycles. The molecular formula is C12H13F2NO4. The third-order valence-corrected chi connectivity index (χ3v) is 1.92. The molecule has 104 valence electrons. The molecule has 0 saturated carbocycles. The lowest BCUT2D eigenvalue weighted by molar-refractivity contribution is 0.0634. The van der Waals surface area contributed by atoms with Crippen molar-refractivity contribution in [1.82, 2.24) is 0 Å². The van der Waals surface area contributed by atoms with Crippen molar-refractivity contribution in [3.05, 3.63) is 29.3 Å². The van der Waals surface area contributed by atoms with Crippen molar-refractivity contribution in [1.29, 1.82) is 0 Å². The van der Waals surface area contributed by atoms with E-state index in [2.05, 4.69) is 0 Å². The van der Waals surface area contributed by atoms with Gasteiger partial charge in [0.25, 0.3) is 0 Å². The third kappa shape index (κ3) is 4.20. The van der Waals surface area contributed by atoms with E-state index in [-0.39, 0.29) is 0 Å². The van der Waals surface area contributed by atoms with Gasteiger partial charge in [0.2, 0.25) is 0 Å². The Hall–Kier alpha value is -2.18. The Morgan fingerprint density at radius 3 is 2.26 bits per heavy atom. The Morgan fingerprint density at radius 2 is 1.79 bits per heavy atom. The van der Waals surface area contributed by atoms with E-state index in [1.54, 1.807) is 20.8 Å². The summed E-state index contributed by atoms with van der Waals surface area (Å²) in [6.45, 7) is 4.82. The number of ether oxygens (including phenoxy) is 1. The molecule has 0 spiro atoms. The molecule has 0 atom stereocenters. The highest BCUT2D eigenvalue weighted by molar-refractivity contribution is 5.90. The molecule has 0 aliphatic rings. The zero-order valence-corrected chi connectivity index (χ0v) is 10.6. The van der Waals surface area contributed by atoms with E-state index in [4.69, 9.17) is 9.84 Å². The number of rotatable bonds is 2. The molecule has 19 heavy (non-hydrogen) atoms. The highest BCUT2D eigenvalue weighted by atomic mass is 19.1. The summed E-state index contributed by atoms with van der Waals surface area (Å²) in [6.07, 6.45) is -0.964. The van der Waals surface area contributed by atoms with Crippen molar-refractivity contribution in [2.45, 2.75) is 26.4 Å². The lowest BCUT2D eigenvalue weighted by atomic mass is 10.2. The molecule has 0 aromatic heterocycles. The molecule has 2 N–H and O–H groups in total. The predicted octanol–water partition coefficient (Wildman–Crippen LogP) is 3.01. The van der Waals surface area contributed by atoms with Gasteiger partial charge in [0.05, 0.1) is 11.3 Å². The standard InChI is InChI=1S/C12H13F2NO4/c1-12(2,3)19-11(18)15-9-5-7(13)6(10(16)17)4-8(9)14/h4-5H,1-3H3,(H,15,18)(H,16,17). The molecule has 0 saturated heterocycles. The van der Waals surface area contributed by atoms with Gasteiger partial charge in [0.15, 0.2) is 0 Å². The van der Waals surface area contributed by atoms with E-state index in [1.165, 1.54) is 0 Å². The van der Waals surface area contributed by atoms with Gasteiger partial charge in [0.1, 0.15) is 17.2 Å². The topological polar surface area (TPSA) is 75.6 Å². The molecule has 1 aromatic carbocycles. The summed E-state index contributed by atoms with van der Waals surface area (Å²) in [5.74, 6) is -3.81. The van der Waals surface area contributed by atoms with Crippen molar-refractivity contribution in [2.75, 3.05) is 5.32 Å². The van der Waals surface area contributed by atoms with Gasteiger partial charge in [-0.25, -0.2) is 18.4 Å². The fraction of sp³-hybridized carbons (Fsp3) is 0.333. The number of aromatic carboxylic acids is 1. The Bertz CT molecular complexity index is 523. The highest BCUT2D eigenvalue weighted by Gasteiger charge is 2.20. The van der Waals surface area contributed by atoms with Crippen molar-refractivity contribution in [2.24, 2.45) is 0 Å². The van der Waals surface area contributed by atoms with Gasteiger partial charge in [-0.15, -0.1) is 0 Å². The van der Waals surface area contributed by atoms with Crippen LogP contribution in [0.1, 0.15) is 31.1 Å². The number of carbonyl (C=O) groups is 2. The van der Waals surface area contributed by atoms with Gasteiger partial charge in [-0.05, 0) is 26.8 Å². The fourth-order valence-corrected chi connectivity index (χ4v) is 1.22. The molecule has 1 rings (SSSR count). The second kappa shape index (κ2) is 5.21. The number of anilines is 1. The third-order valence-electron chi connectivity index (χ3n) is 1.92. The molecule has 5 nitrogen and oxygen atoms in total. The minimum absolute atomic E-state index is 0.489. The highest BCUT2D eigenvalue weighted by Crippen LogP contribution is 2.20. The molecule has 0 radical (unpaired) electrons. The van der Waals surface area contributed by atoms with Crippen LogP contribution in [0.4, 0.5) is 19.3 Å². The zero-order valence-electron chi connectivity index (χ0n) is 10.6. The summed E-state index contributed by atoms with van der Waals surface area (Å²) in [5, 5.41) is 10.6. The van der Waals surface area contributed by atoms with Crippen LogP contribution in [0, 0.1) is 11.6 Å². The first-order chi connectivity index (χ1) is 8.60. The summed E-state index contributed by atoms with van der Waals surface area (Å²) < 4.78 is 31.7. The van der Waals surface area contributed by atoms with Crippen LogP contribution in [0.2, 0.25) is 0 Å². The van der Waals surface area contributed by atoms with Crippen LogP contribution in [0.15, 0.2) is 12.1 Å². The first kappa shape index (κ1) is 14.9. The van der Waals surface area contributed by atoms with E-state index in [9.17, 15) is 18.4 Å². The molecule has 1 amide bonds. The van der Waals surface area contributed by atoms with Crippen molar-refractivity contribution < 1.29 is 28.2 Å². The first-order valence-electron chi connectivity index (χ1n) is 5.32. The van der Waals surface area contributed by atoms with E-state index in [0.29, 0.717) is 12.1 Å². The average molecular weight is 273 g/mol. The number of halogens is 2. The van der Waals surface area contributed by atoms with Crippen LogP contribution in [0.5, 0.6) is 0 Å². The maximum absolute atomic E-state index is 13.5. The SMILES string of the molecule is CC(C)(C)OC(=O)Nc1cc(F)c(C(=O)O)cc1F. The summed E-state index contributed by atoms with van der Waals surface area (Å²) in [6, 6.07) is 1.08. The lowest BCUT2D eigenvalue weighted by Gasteiger charge is -2.19. The van der Waals surface area contributed by atoms with Gasteiger partial charge >= 0.3 is 12.1 Å². The molecule has 0 aliphatic heterocycles. The second-order valence-electron chi connectivity index (χ2n) is 4.74. The monoisotopic (exact) mass is 273 g/mol. The van der Waals surface area contributed by atoms with Crippen molar-refractivity contribution in [3.63, 3.8) is 0 Å². The van der Waals surface area contributed by atoms with Crippen LogP contribution in [0.3, 0.4) is 0 Å². The lowest BCUT2D eigenvalue weighted by Crippen LogP contribution is -2.27. The first-order valence-corrected chi connectivity index (χ1v) is 5.32. The number of hydrogen-bond acceptors (Lipinski definition) is 3. The quantitative estimate of drug-likeness (QED) is 0.868. The smallest absolute Gasteiger partial charge is 0.412 e. The Kier molecular flexibility index (Phi) is 4.08. The van der Waals surface area contributed by atoms with Gasteiger partial charge in [-0.3, -0.25) is 5.32 Å². The van der Waals surface area contributed by atoms with Crippen LogP contribution < -0.4 is 5.32 Å². The van der Waals surface area contributed by atoms with Gasteiger partial charge < -0.3 is 9.84 Å². The van der Waals surface area contributed by atoms with Crippen molar-refractivity contribution in [3.8, 4) is 0 Å². The molecule has 0 unspecified atom stereocenters. The molecule has 0 aliphatic carbocycles.